The lowest BCUT2D eigenvalue weighted by molar-refractivity contribution is -0.0443. The van der Waals surface area contributed by atoms with Crippen LogP contribution in [-0.2, 0) is 24.6 Å². The van der Waals surface area contributed by atoms with E-state index in [1.54, 1.807) is 0 Å². The van der Waals surface area contributed by atoms with E-state index in [9.17, 15) is 47.4 Å². The minimum absolute atomic E-state index is 0.0112. The summed E-state index contributed by atoms with van der Waals surface area (Å²) < 4.78 is 132. The number of alkyl halides is 6. The summed E-state index contributed by atoms with van der Waals surface area (Å²) in [5, 5.41) is 0. The molecule has 0 saturated carbocycles. The van der Waals surface area contributed by atoms with Gasteiger partial charge in [-0.3, -0.25) is 0 Å². The van der Waals surface area contributed by atoms with Crippen LogP contribution in [0.1, 0.15) is 0 Å². The molecule has 0 aliphatic rings. The third kappa shape index (κ3) is 4.54. The van der Waals surface area contributed by atoms with E-state index in [1.807, 2.05) is 0 Å². The molecular weight excluding hydrogens is 372 g/mol. The molecule has 0 fully saturated rings. The van der Waals surface area contributed by atoms with Gasteiger partial charge in [-0.05, 0) is 0 Å². The summed E-state index contributed by atoms with van der Waals surface area (Å²) in [6.45, 7) is 0. The maximum absolute atomic E-state index is 13.4. The van der Waals surface area contributed by atoms with E-state index in [2.05, 4.69) is 4.52 Å². The highest BCUT2D eigenvalue weighted by Gasteiger charge is 2.52. The van der Waals surface area contributed by atoms with Gasteiger partial charge in [-0.2, -0.15) is 39.0 Å². The van der Waals surface area contributed by atoms with Crippen LogP contribution in [0, 0.1) is 0 Å². The van der Waals surface area contributed by atoms with Crippen molar-refractivity contribution in [1.29, 1.82) is 0 Å². The van der Waals surface area contributed by atoms with E-state index < -0.39 is 38.8 Å². The Hall–Kier alpha value is -0.440. The van der Waals surface area contributed by atoms with Crippen molar-refractivity contribution in [3.63, 3.8) is 0 Å². The highest BCUT2D eigenvalue weighted by molar-refractivity contribution is 7.98. The topological polar surface area (TPSA) is 102 Å². The Bertz CT molecular complexity index is 618. The van der Waals surface area contributed by atoms with Crippen LogP contribution in [0.2, 0.25) is 0 Å². The molecule has 0 heterocycles. The van der Waals surface area contributed by atoms with E-state index in [0.29, 0.717) is 0 Å². The molecule has 0 aliphatic heterocycles. The molecule has 0 spiro atoms. The molecule has 7 nitrogen and oxygen atoms in total. The van der Waals surface area contributed by atoms with Crippen LogP contribution >= 0.6 is 7.74 Å². The van der Waals surface area contributed by atoms with Gasteiger partial charge in [-0.25, -0.2) is 8.42 Å². The molecule has 0 amide bonds. The van der Waals surface area contributed by atoms with Crippen molar-refractivity contribution < 1.29 is 51.9 Å². The highest BCUT2D eigenvalue weighted by atomic mass is 32.2. The van der Waals surface area contributed by atoms with Crippen LogP contribution in [0.15, 0.2) is 4.15 Å². The van der Waals surface area contributed by atoms with E-state index >= 15 is 0 Å². The Morgan fingerprint density at radius 3 is 1.65 bits per heavy atom. The summed E-state index contributed by atoms with van der Waals surface area (Å²) >= 11 is 0. The van der Waals surface area contributed by atoms with Crippen LogP contribution < -0.4 is 4.49 Å². The Balaban J connectivity index is 5.93. The summed E-state index contributed by atoms with van der Waals surface area (Å²) in [5.74, 6) is 0. The van der Waals surface area contributed by atoms with Gasteiger partial charge in [0, 0.05) is 7.11 Å². The Morgan fingerprint density at radius 2 is 1.40 bits per heavy atom. The lowest BCUT2D eigenvalue weighted by Gasteiger charge is -2.16. The molecular formula is C3H4F7N2O5PS2. The number of nitrogens with zero attached hydrogens (tertiary/aromatic N) is 1. The first-order valence-corrected chi connectivity index (χ1v) is 8.25. The summed E-state index contributed by atoms with van der Waals surface area (Å²) in [6.07, 6.45) is 0. The van der Waals surface area contributed by atoms with Crippen molar-refractivity contribution in [2.75, 3.05) is 7.11 Å². The minimum atomic E-state index is -6.61. The highest BCUT2D eigenvalue weighted by Crippen LogP contribution is 2.52. The zero-order valence-electron chi connectivity index (χ0n) is 8.90. The monoisotopic (exact) mass is 376 g/mol. The average Bonchev–Trinajstić information content (AvgIpc) is 2.11. The fourth-order valence-electron chi connectivity index (χ4n) is 0.472. The number of halogens is 7. The Labute approximate surface area is 107 Å². The summed E-state index contributed by atoms with van der Waals surface area (Å²) in [4.78, 5) is 0. The SMILES string of the molecule is COP(F)(=NS(=O)(=O)C(F)(F)F)NS(=O)(=O)C(F)(F)F. The number of hydrogen-bond acceptors (Lipinski definition) is 5. The number of nitrogens with one attached hydrogen (secondary N) is 1. The number of rotatable bonds is 4. The number of sulfonamides is 2. The molecule has 0 aromatic rings. The second-order valence-electron chi connectivity index (χ2n) is 2.73. The van der Waals surface area contributed by atoms with E-state index in [1.165, 1.54) is 4.15 Å². The molecule has 0 aromatic carbocycles. The standard InChI is InChI=1S/C3H4F7N2O5PS2/c1-17-18(10,11-19(13,14)2(4,5)6)12-20(15,16)3(7,8)9/h11H,1H3. The van der Waals surface area contributed by atoms with Crippen molar-refractivity contribution in [3.05, 3.63) is 0 Å². The van der Waals surface area contributed by atoms with E-state index in [0.717, 1.165) is 0 Å². The van der Waals surface area contributed by atoms with Gasteiger partial charge in [0.1, 0.15) is 0 Å². The summed E-state index contributed by atoms with van der Waals surface area (Å²) in [5.41, 5.74) is -12.3. The molecule has 0 aromatic heterocycles. The zero-order chi connectivity index (χ0) is 16.6. The van der Waals surface area contributed by atoms with Crippen LogP contribution in [0.4, 0.5) is 30.5 Å². The molecule has 17 heteroatoms. The van der Waals surface area contributed by atoms with Crippen molar-refractivity contribution in [1.82, 2.24) is 4.49 Å². The van der Waals surface area contributed by atoms with Gasteiger partial charge < -0.3 is 4.52 Å². The second kappa shape index (κ2) is 5.40. The quantitative estimate of drug-likeness (QED) is 0.596. The molecule has 0 aliphatic carbocycles. The van der Waals surface area contributed by atoms with Crippen LogP contribution in [0.3, 0.4) is 0 Å². The van der Waals surface area contributed by atoms with Gasteiger partial charge in [-0.1, -0.05) is 0 Å². The summed E-state index contributed by atoms with van der Waals surface area (Å²) in [6, 6.07) is 0. The molecule has 20 heavy (non-hydrogen) atoms. The molecule has 0 saturated heterocycles. The second-order valence-corrected chi connectivity index (χ2v) is 8.36. The van der Waals surface area contributed by atoms with Crippen molar-refractivity contribution in [3.8, 4) is 0 Å². The molecule has 122 valence electrons. The fraction of sp³-hybridized carbons (Fsp3) is 1.00. The number of hydrogen-bond donors (Lipinski definition) is 1. The third-order valence-corrected chi connectivity index (χ3v) is 6.53. The minimum Gasteiger partial charge on any atom is -0.311 e. The average molecular weight is 376 g/mol. The molecule has 0 bridgehead atoms. The normalized spacial score (nSPS) is 17.6. The van der Waals surface area contributed by atoms with Gasteiger partial charge in [0.05, 0.1) is 0 Å². The van der Waals surface area contributed by atoms with Crippen LogP contribution in [0.5, 0.6) is 0 Å². The molecule has 1 N–H and O–H groups in total. The molecule has 0 radical (unpaired) electrons. The Morgan fingerprint density at radius 1 is 1.00 bits per heavy atom. The maximum Gasteiger partial charge on any atom is 0.518 e. The smallest absolute Gasteiger partial charge is 0.311 e. The molecule has 1 atom stereocenters. The van der Waals surface area contributed by atoms with Crippen LogP contribution in [0.25, 0.3) is 0 Å². The maximum atomic E-state index is 13.4. The van der Waals surface area contributed by atoms with Gasteiger partial charge >= 0.3 is 38.8 Å². The van der Waals surface area contributed by atoms with Crippen molar-refractivity contribution >= 4 is 27.8 Å². The predicted molar refractivity (Wildman–Crippen MR) is 50.6 cm³/mol. The predicted octanol–water partition coefficient (Wildman–Crippen LogP) is 1.84. The first kappa shape index (κ1) is 19.6. The Kier molecular flexibility index (Phi) is 5.28. The first-order chi connectivity index (χ1) is 8.47. The largest absolute Gasteiger partial charge is 0.518 e. The lowest BCUT2D eigenvalue weighted by Crippen LogP contribution is -2.34. The van der Waals surface area contributed by atoms with E-state index in [-0.39, 0.29) is 11.6 Å². The van der Waals surface area contributed by atoms with Gasteiger partial charge in [0.15, 0.2) is 0 Å². The van der Waals surface area contributed by atoms with Gasteiger partial charge in [-0.15, -0.1) is 8.64 Å². The van der Waals surface area contributed by atoms with Crippen molar-refractivity contribution in [2.45, 2.75) is 11.0 Å². The lowest BCUT2D eigenvalue weighted by atomic mass is 11.6. The van der Waals surface area contributed by atoms with Crippen molar-refractivity contribution in [2.24, 2.45) is 4.15 Å². The fourth-order valence-corrected chi connectivity index (χ4v) is 4.55. The third-order valence-electron chi connectivity index (χ3n) is 1.28. The van der Waals surface area contributed by atoms with E-state index in [4.69, 9.17) is 0 Å². The molecule has 0 rings (SSSR count). The zero-order valence-corrected chi connectivity index (χ0v) is 11.4. The van der Waals surface area contributed by atoms with Gasteiger partial charge in [0.2, 0.25) is 0 Å². The van der Waals surface area contributed by atoms with Gasteiger partial charge in [0.25, 0.3) is 0 Å². The van der Waals surface area contributed by atoms with Crippen LogP contribution in [-0.4, -0.2) is 35.0 Å². The first-order valence-electron chi connectivity index (χ1n) is 3.78. The summed E-state index contributed by atoms with van der Waals surface area (Å²) in [7, 11) is -19.1. The molecule has 1 unspecified atom stereocenters.